The first-order valence-electron chi connectivity index (χ1n) is 7.39. The second-order valence-corrected chi connectivity index (χ2v) is 4.96. The summed E-state index contributed by atoms with van der Waals surface area (Å²) in [4.78, 5) is 11.4. The summed E-state index contributed by atoms with van der Waals surface area (Å²) in [6.07, 6.45) is 7.57. The Kier molecular flexibility index (Phi) is 6.32. The van der Waals surface area contributed by atoms with Crippen molar-refractivity contribution in [1.29, 1.82) is 0 Å². The van der Waals surface area contributed by atoms with E-state index in [-0.39, 0.29) is 0 Å². The lowest BCUT2D eigenvalue weighted by Gasteiger charge is -2.05. The molecule has 1 heterocycles. The van der Waals surface area contributed by atoms with Gasteiger partial charge in [-0.15, -0.1) is 0 Å². The summed E-state index contributed by atoms with van der Waals surface area (Å²) >= 11 is 0. The normalized spacial score (nSPS) is 11.5. The highest BCUT2D eigenvalue weighted by molar-refractivity contribution is 5.77. The molecule has 0 amide bonds. The average molecular weight is 285 g/mol. The van der Waals surface area contributed by atoms with Gasteiger partial charge >= 0.3 is 0 Å². The van der Waals surface area contributed by atoms with Crippen molar-refractivity contribution in [3.8, 4) is 0 Å². The number of aliphatic imine (C=N–C) groups is 1. The van der Waals surface area contributed by atoms with Gasteiger partial charge < -0.3 is 16.0 Å². The van der Waals surface area contributed by atoms with Gasteiger partial charge in [-0.3, -0.25) is 4.99 Å². The van der Waals surface area contributed by atoms with Crippen molar-refractivity contribution in [3.63, 3.8) is 0 Å². The molecule has 0 bridgehead atoms. The number of hydrogen-bond donors (Lipinski definition) is 3. The van der Waals surface area contributed by atoms with Crippen molar-refractivity contribution in [2.75, 3.05) is 13.1 Å². The summed E-state index contributed by atoms with van der Waals surface area (Å²) in [6, 6.07) is 10.4. The number of nitrogens with one attached hydrogen (secondary N) is 2. The molecule has 0 radical (unpaired) electrons. The van der Waals surface area contributed by atoms with Crippen LogP contribution in [-0.2, 0) is 12.8 Å². The van der Waals surface area contributed by atoms with E-state index < -0.39 is 0 Å². The lowest BCUT2D eigenvalue weighted by Crippen LogP contribution is -2.32. The summed E-state index contributed by atoms with van der Waals surface area (Å²) in [5.74, 6) is 0.535. The number of imidazole rings is 1. The highest BCUT2D eigenvalue weighted by Gasteiger charge is 1.96. The van der Waals surface area contributed by atoms with Gasteiger partial charge in [-0.25, -0.2) is 4.98 Å². The maximum Gasteiger partial charge on any atom is 0.188 e. The fraction of sp³-hybridized carbons (Fsp3) is 0.375. The third-order valence-electron chi connectivity index (χ3n) is 3.23. The first-order chi connectivity index (χ1) is 10.3. The van der Waals surface area contributed by atoms with Crippen LogP contribution in [0.1, 0.15) is 24.1 Å². The number of nitrogens with zero attached hydrogens (tertiary/aromatic N) is 2. The number of rotatable bonds is 8. The van der Waals surface area contributed by atoms with Gasteiger partial charge in [0.05, 0.1) is 6.33 Å². The lowest BCUT2D eigenvalue weighted by atomic mass is 10.1. The zero-order valence-corrected chi connectivity index (χ0v) is 12.3. The van der Waals surface area contributed by atoms with E-state index in [4.69, 9.17) is 5.73 Å². The maximum atomic E-state index is 5.83. The Bertz CT molecular complexity index is 519. The number of aryl methyl sites for hydroxylation is 2. The van der Waals surface area contributed by atoms with Crippen molar-refractivity contribution in [2.24, 2.45) is 10.7 Å². The SMILES string of the molecule is NC(=NCCCc1ccccc1)NCCCc1cnc[nH]1. The largest absolute Gasteiger partial charge is 0.370 e. The number of aromatic nitrogens is 2. The number of nitrogens with two attached hydrogens (primary N) is 1. The fourth-order valence-electron chi connectivity index (χ4n) is 2.10. The monoisotopic (exact) mass is 285 g/mol. The van der Waals surface area contributed by atoms with Gasteiger partial charge in [0, 0.05) is 25.0 Å². The second kappa shape index (κ2) is 8.79. The second-order valence-electron chi connectivity index (χ2n) is 4.96. The summed E-state index contributed by atoms with van der Waals surface area (Å²) in [6.45, 7) is 1.58. The fourth-order valence-corrected chi connectivity index (χ4v) is 2.10. The molecule has 0 saturated carbocycles. The number of hydrogen-bond acceptors (Lipinski definition) is 2. The molecule has 2 aromatic rings. The molecule has 0 unspecified atom stereocenters. The molecule has 0 spiro atoms. The molecule has 0 fully saturated rings. The van der Waals surface area contributed by atoms with Crippen LogP contribution in [-0.4, -0.2) is 29.0 Å². The van der Waals surface area contributed by atoms with Crippen molar-refractivity contribution in [3.05, 3.63) is 54.1 Å². The molecule has 21 heavy (non-hydrogen) atoms. The minimum Gasteiger partial charge on any atom is -0.370 e. The van der Waals surface area contributed by atoms with Crippen LogP contribution in [0.25, 0.3) is 0 Å². The van der Waals surface area contributed by atoms with E-state index in [0.717, 1.165) is 44.5 Å². The highest BCUT2D eigenvalue weighted by Crippen LogP contribution is 2.02. The first kappa shape index (κ1) is 15.1. The van der Waals surface area contributed by atoms with Crippen LogP contribution >= 0.6 is 0 Å². The molecule has 0 aliphatic carbocycles. The van der Waals surface area contributed by atoms with Gasteiger partial charge in [-0.1, -0.05) is 30.3 Å². The summed E-state index contributed by atoms with van der Waals surface area (Å²) in [5.41, 5.74) is 8.33. The lowest BCUT2D eigenvalue weighted by molar-refractivity contribution is 0.750. The van der Waals surface area contributed by atoms with E-state index in [2.05, 4.69) is 44.5 Å². The molecule has 1 aromatic heterocycles. The molecule has 5 nitrogen and oxygen atoms in total. The molecule has 0 aliphatic rings. The smallest absolute Gasteiger partial charge is 0.188 e. The maximum absolute atomic E-state index is 5.83. The van der Waals surface area contributed by atoms with E-state index in [1.165, 1.54) is 5.56 Å². The molecular weight excluding hydrogens is 262 g/mol. The van der Waals surface area contributed by atoms with E-state index >= 15 is 0 Å². The van der Waals surface area contributed by atoms with Crippen LogP contribution in [0.5, 0.6) is 0 Å². The minimum atomic E-state index is 0.535. The predicted octanol–water partition coefficient (Wildman–Crippen LogP) is 1.88. The van der Waals surface area contributed by atoms with Crippen molar-refractivity contribution >= 4 is 5.96 Å². The zero-order chi connectivity index (χ0) is 14.8. The van der Waals surface area contributed by atoms with Gasteiger partial charge in [0.25, 0.3) is 0 Å². The molecule has 0 atom stereocenters. The number of aromatic amines is 1. The zero-order valence-electron chi connectivity index (χ0n) is 12.3. The number of guanidine groups is 1. The van der Waals surface area contributed by atoms with E-state index in [0.29, 0.717) is 5.96 Å². The van der Waals surface area contributed by atoms with Gasteiger partial charge in [0.2, 0.25) is 0 Å². The van der Waals surface area contributed by atoms with Crippen LogP contribution in [0.2, 0.25) is 0 Å². The molecule has 0 aliphatic heterocycles. The Hall–Kier alpha value is -2.30. The third-order valence-corrected chi connectivity index (χ3v) is 3.23. The predicted molar refractivity (Wildman–Crippen MR) is 86.2 cm³/mol. The van der Waals surface area contributed by atoms with Crippen LogP contribution < -0.4 is 11.1 Å². The Morgan fingerprint density at radius 2 is 2.05 bits per heavy atom. The van der Waals surface area contributed by atoms with Gasteiger partial charge in [0.1, 0.15) is 0 Å². The van der Waals surface area contributed by atoms with E-state index in [1.807, 2.05) is 12.3 Å². The molecular formula is C16H23N5. The van der Waals surface area contributed by atoms with Gasteiger partial charge in [-0.05, 0) is 31.2 Å². The molecule has 2 rings (SSSR count). The number of H-pyrrole nitrogens is 1. The Labute approximate surface area is 125 Å². The van der Waals surface area contributed by atoms with Crippen molar-refractivity contribution in [2.45, 2.75) is 25.7 Å². The van der Waals surface area contributed by atoms with E-state index in [1.54, 1.807) is 6.33 Å². The average Bonchev–Trinajstić information content (AvgIpc) is 3.02. The summed E-state index contributed by atoms with van der Waals surface area (Å²) in [7, 11) is 0. The Balaban J connectivity index is 1.54. The van der Waals surface area contributed by atoms with Crippen molar-refractivity contribution in [1.82, 2.24) is 15.3 Å². The number of benzene rings is 1. The quantitative estimate of drug-likeness (QED) is 0.393. The molecule has 112 valence electrons. The molecule has 1 aromatic carbocycles. The third kappa shape index (κ3) is 6.12. The summed E-state index contributed by atoms with van der Waals surface area (Å²) in [5, 5.41) is 3.14. The Morgan fingerprint density at radius 1 is 1.19 bits per heavy atom. The van der Waals surface area contributed by atoms with Crippen LogP contribution in [0, 0.1) is 0 Å². The standard InChI is InChI=1S/C16H23N5/c17-16(20-11-5-9-15-12-18-13-21-15)19-10-4-8-14-6-2-1-3-7-14/h1-3,6-7,12-13H,4-5,8-11H2,(H,18,21)(H3,17,19,20). The Morgan fingerprint density at radius 3 is 2.81 bits per heavy atom. The topological polar surface area (TPSA) is 79.1 Å². The first-order valence-corrected chi connectivity index (χ1v) is 7.39. The van der Waals surface area contributed by atoms with Gasteiger partial charge in [-0.2, -0.15) is 0 Å². The molecule has 5 heteroatoms. The van der Waals surface area contributed by atoms with E-state index in [9.17, 15) is 0 Å². The molecule has 4 N–H and O–H groups in total. The van der Waals surface area contributed by atoms with Crippen LogP contribution in [0.4, 0.5) is 0 Å². The minimum absolute atomic E-state index is 0.535. The highest BCUT2D eigenvalue weighted by atomic mass is 15.1. The van der Waals surface area contributed by atoms with Gasteiger partial charge in [0.15, 0.2) is 5.96 Å². The molecule has 0 saturated heterocycles. The van der Waals surface area contributed by atoms with Crippen LogP contribution in [0.3, 0.4) is 0 Å². The van der Waals surface area contributed by atoms with Crippen molar-refractivity contribution < 1.29 is 0 Å². The summed E-state index contributed by atoms with van der Waals surface area (Å²) < 4.78 is 0. The van der Waals surface area contributed by atoms with Crippen LogP contribution in [0.15, 0.2) is 47.8 Å².